The molecule has 0 aromatic heterocycles. The molecule has 2 aliphatic rings. The van der Waals surface area contributed by atoms with Crippen molar-refractivity contribution >= 4 is 23.2 Å². The van der Waals surface area contributed by atoms with Gasteiger partial charge in [-0.2, -0.15) is 13.2 Å². The maximum atomic E-state index is 13.3. The Bertz CT molecular complexity index is 1040. The molecule has 0 spiro atoms. The predicted molar refractivity (Wildman–Crippen MR) is 113 cm³/mol. The van der Waals surface area contributed by atoms with E-state index in [1.54, 1.807) is 29.2 Å². The third kappa shape index (κ3) is 4.57. The molecule has 2 N–H and O–H groups in total. The zero-order valence-electron chi connectivity index (χ0n) is 17.7. The summed E-state index contributed by atoms with van der Waals surface area (Å²) in [4.78, 5) is 26.8. The number of fused-ring (bicyclic) bond motifs is 1. The highest BCUT2D eigenvalue weighted by Crippen LogP contribution is 2.34. The molecular formula is C23H24F3N3O3. The monoisotopic (exact) mass is 447 g/mol. The molecule has 3 atom stereocenters. The van der Waals surface area contributed by atoms with Crippen molar-refractivity contribution in [1.82, 2.24) is 4.90 Å². The van der Waals surface area contributed by atoms with Crippen LogP contribution < -0.4 is 10.6 Å². The van der Waals surface area contributed by atoms with E-state index in [9.17, 15) is 22.8 Å². The van der Waals surface area contributed by atoms with Crippen LogP contribution in [0, 0.1) is 0 Å². The van der Waals surface area contributed by atoms with Crippen LogP contribution in [0.25, 0.3) is 0 Å². The van der Waals surface area contributed by atoms with E-state index < -0.39 is 17.8 Å². The Morgan fingerprint density at radius 1 is 1.12 bits per heavy atom. The van der Waals surface area contributed by atoms with Gasteiger partial charge in [0.2, 0.25) is 5.91 Å². The minimum absolute atomic E-state index is 0.0887. The Kier molecular flexibility index (Phi) is 5.85. The number of anilines is 2. The first kappa shape index (κ1) is 22.1. The van der Waals surface area contributed by atoms with E-state index in [4.69, 9.17) is 4.74 Å². The molecule has 2 aromatic carbocycles. The molecule has 2 aromatic rings. The largest absolute Gasteiger partial charge is 0.416 e. The van der Waals surface area contributed by atoms with Crippen LogP contribution in [0.3, 0.4) is 0 Å². The average Bonchev–Trinajstić information content (AvgIpc) is 2.88. The number of hydrogen-bond acceptors (Lipinski definition) is 4. The average molecular weight is 447 g/mol. The van der Waals surface area contributed by atoms with Crippen molar-refractivity contribution in [3.05, 3.63) is 59.2 Å². The number of rotatable bonds is 2. The lowest BCUT2D eigenvalue weighted by atomic mass is 10.0. The quantitative estimate of drug-likeness (QED) is 0.714. The van der Waals surface area contributed by atoms with Crippen LogP contribution in [0.1, 0.15) is 47.9 Å². The lowest BCUT2D eigenvalue weighted by Gasteiger charge is -2.38. The fourth-order valence-electron chi connectivity index (χ4n) is 4.02. The standard InChI is InChI=1S/C23H24F3N3O3/c1-13-8-21(30)28-18-7-6-16(10-19(18)27-13)22(31)29-11-20(32-12-14(29)2)15-4-3-5-17(9-15)23(24,25)26/h3-7,9-10,13-14,20,27H,8,11-12H2,1-2H3,(H,28,30). The van der Waals surface area contributed by atoms with Crippen molar-refractivity contribution in [3.63, 3.8) is 0 Å². The highest BCUT2D eigenvalue weighted by molar-refractivity contribution is 6.00. The number of hydrogen-bond donors (Lipinski definition) is 2. The van der Waals surface area contributed by atoms with E-state index in [-0.39, 0.29) is 37.0 Å². The number of morpholine rings is 1. The highest BCUT2D eigenvalue weighted by Gasteiger charge is 2.34. The lowest BCUT2D eigenvalue weighted by Crippen LogP contribution is -2.48. The fraction of sp³-hybridized carbons (Fsp3) is 0.391. The lowest BCUT2D eigenvalue weighted by molar-refractivity contribution is -0.137. The Balaban J connectivity index is 1.57. The van der Waals surface area contributed by atoms with Gasteiger partial charge in [-0.15, -0.1) is 0 Å². The molecular weight excluding hydrogens is 423 g/mol. The van der Waals surface area contributed by atoms with E-state index in [1.165, 1.54) is 6.07 Å². The first-order valence-corrected chi connectivity index (χ1v) is 10.4. The molecule has 1 fully saturated rings. The van der Waals surface area contributed by atoms with Crippen molar-refractivity contribution in [3.8, 4) is 0 Å². The number of nitrogens with one attached hydrogen (secondary N) is 2. The van der Waals surface area contributed by atoms with Crippen LogP contribution >= 0.6 is 0 Å². The van der Waals surface area contributed by atoms with Crippen molar-refractivity contribution in [1.29, 1.82) is 0 Å². The SMILES string of the molecule is CC1CC(=O)Nc2ccc(C(=O)N3CC(c4cccc(C(F)(F)F)c4)OCC3C)cc2N1. The number of amides is 2. The van der Waals surface area contributed by atoms with Gasteiger partial charge in [0.25, 0.3) is 5.91 Å². The normalized spacial score (nSPS) is 23.6. The number of carbonyl (C=O) groups excluding carboxylic acids is 2. The second kappa shape index (κ2) is 8.46. The van der Waals surface area contributed by atoms with Gasteiger partial charge in [-0.05, 0) is 49.7 Å². The van der Waals surface area contributed by atoms with Gasteiger partial charge in [-0.1, -0.05) is 12.1 Å². The summed E-state index contributed by atoms with van der Waals surface area (Å²) >= 11 is 0. The summed E-state index contributed by atoms with van der Waals surface area (Å²) in [7, 11) is 0. The number of alkyl halides is 3. The van der Waals surface area contributed by atoms with Crippen molar-refractivity contribution < 1.29 is 27.5 Å². The van der Waals surface area contributed by atoms with Gasteiger partial charge in [-0.3, -0.25) is 9.59 Å². The van der Waals surface area contributed by atoms with E-state index in [0.717, 1.165) is 12.1 Å². The smallest absolute Gasteiger partial charge is 0.380 e. The second-order valence-corrected chi connectivity index (χ2v) is 8.31. The number of halogens is 3. The molecule has 2 amide bonds. The van der Waals surface area contributed by atoms with Crippen LogP contribution in [0.5, 0.6) is 0 Å². The molecule has 9 heteroatoms. The first-order chi connectivity index (χ1) is 15.1. The molecule has 0 aliphatic carbocycles. The molecule has 0 radical (unpaired) electrons. The van der Waals surface area contributed by atoms with Crippen LogP contribution in [0.2, 0.25) is 0 Å². The zero-order chi connectivity index (χ0) is 23.0. The molecule has 0 bridgehead atoms. The minimum Gasteiger partial charge on any atom is -0.380 e. The summed E-state index contributed by atoms with van der Waals surface area (Å²) in [5.74, 6) is -0.348. The summed E-state index contributed by atoms with van der Waals surface area (Å²) in [6.07, 6.45) is -4.79. The topological polar surface area (TPSA) is 70.7 Å². The Morgan fingerprint density at radius 3 is 2.66 bits per heavy atom. The maximum Gasteiger partial charge on any atom is 0.416 e. The molecule has 0 saturated carbocycles. The third-order valence-corrected chi connectivity index (χ3v) is 5.71. The Labute approximate surface area is 183 Å². The first-order valence-electron chi connectivity index (χ1n) is 10.4. The van der Waals surface area contributed by atoms with Crippen molar-refractivity contribution in [2.24, 2.45) is 0 Å². The minimum atomic E-state index is -4.45. The van der Waals surface area contributed by atoms with Gasteiger partial charge in [0.15, 0.2) is 0 Å². The zero-order valence-corrected chi connectivity index (χ0v) is 17.7. The van der Waals surface area contributed by atoms with E-state index in [0.29, 0.717) is 28.9 Å². The molecule has 170 valence electrons. The van der Waals surface area contributed by atoms with E-state index in [2.05, 4.69) is 10.6 Å². The van der Waals surface area contributed by atoms with Crippen LogP contribution in [-0.2, 0) is 15.7 Å². The van der Waals surface area contributed by atoms with Gasteiger partial charge in [0, 0.05) is 18.0 Å². The summed E-state index contributed by atoms with van der Waals surface area (Å²) in [5.41, 5.74) is 1.32. The maximum absolute atomic E-state index is 13.3. The predicted octanol–water partition coefficient (Wildman–Crippen LogP) is 4.45. The van der Waals surface area contributed by atoms with Crippen molar-refractivity contribution in [2.45, 2.75) is 44.6 Å². The molecule has 32 heavy (non-hydrogen) atoms. The van der Waals surface area contributed by atoms with E-state index >= 15 is 0 Å². The summed E-state index contributed by atoms with van der Waals surface area (Å²) in [6, 6.07) is 9.70. The van der Waals surface area contributed by atoms with E-state index in [1.807, 2.05) is 13.8 Å². The summed E-state index contributed by atoms with van der Waals surface area (Å²) in [5, 5.41) is 6.05. The molecule has 2 heterocycles. The summed E-state index contributed by atoms with van der Waals surface area (Å²) in [6.45, 7) is 4.07. The van der Waals surface area contributed by atoms with Crippen LogP contribution in [0.15, 0.2) is 42.5 Å². The number of nitrogens with zero attached hydrogens (tertiary/aromatic N) is 1. The van der Waals surface area contributed by atoms with Crippen LogP contribution in [-0.4, -0.2) is 41.9 Å². The van der Waals surface area contributed by atoms with Gasteiger partial charge in [-0.25, -0.2) is 0 Å². The molecule has 2 aliphatic heterocycles. The third-order valence-electron chi connectivity index (χ3n) is 5.71. The van der Waals surface area contributed by atoms with Gasteiger partial charge < -0.3 is 20.3 Å². The Hall–Kier alpha value is -3.07. The highest BCUT2D eigenvalue weighted by atomic mass is 19.4. The number of benzene rings is 2. The second-order valence-electron chi connectivity index (χ2n) is 8.31. The molecule has 6 nitrogen and oxygen atoms in total. The van der Waals surface area contributed by atoms with Gasteiger partial charge >= 0.3 is 6.18 Å². The van der Waals surface area contributed by atoms with Crippen molar-refractivity contribution in [2.75, 3.05) is 23.8 Å². The fourth-order valence-corrected chi connectivity index (χ4v) is 4.02. The summed E-state index contributed by atoms with van der Waals surface area (Å²) < 4.78 is 45.1. The molecule has 4 rings (SSSR count). The van der Waals surface area contributed by atoms with Crippen LogP contribution in [0.4, 0.5) is 24.5 Å². The molecule has 1 saturated heterocycles. The number of carbonyl (C=O) groups is 2. The number of ether oxygens (including phenoxy) is 1. The molecule has 3 unspecified atom stereocenters. The Morgan fingerprint density at radius 2 is 1.91 bits per heavy atom. The van der Waals surface area contributed by atoms with Gasteiger partial charge in [0.05, 0.1) is 36.1 Å². The van der Waals surface area contributed by atoms with Gasteiger partial charge in [0.1, 0.15) is 6.10 Å².